The molecule has 5 rings (SSSR count). The molecule has 0 saturated heterocycles. The highest BCUT2D eigenvalue weighted by Crippen LogP contribution is 2.32. The molecule has 0 saturated carbocycles. The molecule has 1 aromatic heterocycles. The fourth-order valence-electron chi connectivity index (χ4n) is 3.94. The number of aromatic hydroxyl groups is 1. The van der Waals surface area contributed by atoms with E-state index in [0.29, 0.717) is 5.56 Å². The quantitative estimate of drug-likeness (QED) is 0.289. The second-order valence-corrected chi connectivity index (χ2v) is 7.74. The summed E-state index contributed by atoms with van der Waals surface area (Å²) in [4.78, 5) is 9.35. The van der Waals surface area contributed by atoms with E-state index < -0.39 is 0 Å². The number of rotatable bonds is 6. The fourth-order valence-corrected chi connectivity index (χ4v) is 3.94. The smallest absolute Gasteiger partial charge is 0.124 e. The third kappa shape index (κ3) is 4.46. The zero-order valence-electron chi connectivity index (χ0n) is 18.0. The maximum atomic E-state index is 10.5. The number of para-hydroxylation sites is 2. The van der Waals surface area contributed by atoms with E-state index in [1.54, 1.807) is 18.5 Å². The largest absolute Gasteiger partial charge is 0.507 e. The van der Waals surface area contributed by atoms with Crippen LogP contribution < -0.4 is 5.32 Å². The van der Waals surface area contributed by atoms with Gasteiger partial charge in [-0.2, -0.15) is 0 Å². The summed E-state index contributed by atoms with van der Waals surface area (Å²) in [5.74, 6) is 0.207. The molecule has 4 heteroatoms. The minimum absolute atomic E-state index is 0.130. The number of phenols is 1. The van der Waals surface area contributed by atoms with Crippen molar-refractivity contribution in [1.82, 2.24) is 4.98 Å². The van der Waals surface area contributed by atoms with E-state index in [1.807, 2.05) is 91.0 Å². The first-order valence-corrected chi connectivity index (χ1v) is 10.9. The highest BCUT2D eigenvalue weighted by Gasteiger charge is 2.16. The summed E-state index contributed by atoms with van der Waals surface area (Å²) in [6, 6.07) is 35.5. The third-order valence-corrected chi connectivity index (χ3v) is 5.60. The zero-order valence-corrected chi connectivity index (χ0v) is 18.0. The highest BCUT2D eigenvalue weighted by molar-refractivity contribution is 6.03. The van der Waals surface area contributed by atoms with Crippen molar-refractivity contribution in [3.05, 3.63) is 132 Å². The number of anilines is 1. The van der Waals surface area contributed by atoms with Gasteiger partial charge in [0, 0.05) is 18.0 Å². The number of phenolic OH excluding ortho intramolecular Hbond substituents is 1. The lowest BCUT2D eigenvalue weighted by Gasteiger charge is -2.21. The maximum absolute atomic E-state index is 10.5. The van der Waals surface area contributed by atoms with Crippen molar-refractivity contribution >= 4 is 28.4 Å². The minimum atomic E-state index is -0.130. The van der Waals surface area contributed by atoms with E-state index in [1.165, 1.54) is 0 Å². The predicted octanol–water partition coefficient (Wildman–Crippen LogP) is 6.89. The van der Waals surface area contributed by atoms with Crippen LogP contribution in [-0.4, -0.2) is 16.3 Å². The molecule has 0 spiro atoms. The van der Waals surface area contributed by atoms with Crippen molar-refractivity contribution in [3.8, 4) is 5.75 Å². The van der Waals surface area contributed by atoms with Crippen LogP contribution in [0.2, 0.25) is 0 Å². The summed E-state index contributed by atoms with van der Waals surface area (Å²) in [6.07, 6.45) is 3.54. The number of pyridine rings is 1. The normalized spacial score (nSPS) is 12.1. The van der Waals surface area contributed by atoms with Crippen LogP contribution in [-0.2, 0) is 0 Å². The van der Waals surface area contributed by atoms with Crippen molar-refractivity contribution in [2.75, 3.05) is 5.32 Å². The molecule has 0 unspecified atom stereocenters. The van der Waals surface area contributed by atoms with Crippen LogP contribution in [0.15, 0.2) is 120 Å². The van der Waals surface area contributed by atoms with Crippen molar-refractivity contribution in [2.24, 2.45) is 4.99 Å². The Kier molecular flexibility index (Phi) is 5.81. The van der Waals surface area contributed by atoms with Crippen molar-refractivity contribution < 1.29 is 5.11 Å². The Hall–Kier alpha value is -4.44. The van der Waals surface area contributed by atoms with Crippen LogP contribution in [0, 0.1) is 0 Å². The molecule has 4 aromatic carbocycles. The van der Waals surface area contributed by atoms with Crippen molar-refractivity contribution in [3.63, 3.8) is 0 Å². The van der Waals surface area contributed by atoms with Crippen molar-refractivity contribution in [1.29, 1.82) is 0 Å². The van der Waals surface area contributed by atoms with Crippen LogP contribution >= 0.6 is 0 Å². The lowest BCUT2D eigenvalue weighted by molar-refractivity contribution is 0.475. The maximum Gasteiger partial charge on any atom is 0.124 e. The molecular formula is C29H23N3O. The zero-order chi connectivity index (χ0) is 22.5. The summed E-state index contributed by atoms with van der Waals surface area (Å²) in [7, 11) is 0. The number of nitrogens with zero attached hydrogens (tertiary/aromatic N) is 2. The van der Waals surface area contributed by atoms with Crippen LogP contribution in [0.1, 0.15) is 22.9 Å². The molecule has 4 nitrogen and oxygen atoms in total. The fraction of sp³-hybridized carbons (Fsp3) is 0.0345. The molecule has 0 aliphatic carbocycles. The van der Waals surface area contributed by atoms with Crippen molar-refractivity contribution in [2.45, 2.75) is 6.04 Å². The molecular weight excluding hydrogens is 406 g/mol. The van der Waals surface area contributed by atoms with E-state index >= 15 is 0 Å². The van der Waals surface area contributed by atoms with Gasteiger partial charge >= 0.3 is 0 Å². The van der Waals surface area contributed by atoms with E-state index in [9.17, 15) is 5.11 Å². The average molecular weight is 430 g/mol. The lowest BCUT2D eigenvalue weighted by atomic mass is 10.0. The number of hydrogen-bond donors (Lipinski definition) is 2. The topological polar surface area (TPSA) is 57.5 Å². The monoisotopic (exact) mass is 429 g/mol. The summed E-state index contributed by atoms with van der Waals surface area (Å²) < 4.78 is 0. The van der Waals surface area contributed by atoms with E-state index in [0.717, 1.165) is 33.4 Å². The third-order valence-electron chi connectivity index (χ3n) is 5.60. The molecule has 33 heavy (non-hydrogen) atoms. The second-order valence-electron chi connectivity index (χ2n) is 7.74. The molecule has 2 N–H and O–H groups in total. The van der Waals surface area contributed by atoms with Crippen LogP contribution in [0.5, 0.6) is 5.75 Å². The van der Waals surface area contributed by atoms with E-state index in [2.05, 4.69) is 22.4 Å². The van der Waals surface area contributed by atoms with Gasteiger partial charge in [0.2, 0.25) is 0 Å². The Balaban J connectivity index is 1.53. The Morgan fingerprint density at radius 2 is 1.52 bits per heavy atom. The van der Waals surface area contributed by atoms with Gasteiger partial charge in [-0.1, -0.05) is 78.9 Å². The summed E-state index contributed by atoms with van der Waals surface area (Å²) in [5, 5.41) is 16.1. The number of aliphatic imine (C=N–C) groups is 1. The van der Waals surface area contributed by atoms with Gasteiger partial charge in [-0.05, 0) is 46.7 Å². The summed E-state index contributed by atoms with van der Waals surface area (Å²) in [6.45, 7) is 0. The molecule has 1 heterocycles. The Morgan fingerprint density at radius 1 is 0.758 bits per heavy atom. The van der Waals surface area contributed by atoms with Gasteiger partial charge in [-0.25, -0.2) is 0 Å². The Labute approximate surface area is 192 Å². The SMILES string of the molecule is Oc1ccc2ccccc2c1C=Nc1ccccc1N[C@@H](c1ccccc1)c1ccccn1. The predicted molar refractivity (Wildman–Crippen MR) is 135 cm³/mol. The minimum Gasteiger partial charge on any atom is -0.507 e. The van der Waals surface area contributed by atoms with Crippen LogP contribution in [0.3, 0.4) is 0 Å². The van der Waals surface area contributed by atoms with E-state index in [4.69, 9.17) is 4.99 Å². The molecule has 160 valence electrons. The highest BCUT2D eigenvalue weighted by atomic mass is 16.3. The standard InChI is InChI=1S/C29H23N3O/c33-28-18-17-21-10-4-5-13-23(21)24(28)20-31-25-14-6-7-15-26(25)32-29(22-11-2-1-3-12-22)27-16-8-9-19-30-27/h1-20,29,32-33H/t29-/m0/s1. The molecule has 1 atom stereocenters. The number of fused-ring (bicyclic) bond motifs is 1. The Bertz CT molecular complexity index is 1360. The summed E-state index contributed by atoms with van der Waals surface area (Å²) in [5.41, 5.74) is 4.40. The van der Waals surface area contributed by atoms with Gasteiger partial charge in [0.15, 0.2) is 0 Å². The van der Waals surface area contributed by atoms with Gasteiger partial charge in [0.1, 0.15) is 5.75 Å². The molecule has 0 fully saturated rings. The average Bonchev–Trinajstić information content (AvgIpc) is 2.88. The van der Waals surface area contributed by atoms with Gasteiger partial charge in [-0.3, -0.25) is 9.98 Å². The van der Waals surface area contributed by atoms with Crippen LogP contribution in [0.4, 0.5) is 11.4 Å². The molecule has 0 aliphatic heterocycles. The van der Waals surface area contributed by atoms with Gasteiger partial charge < -0.3 is 10.4 Å². The number of benzene rings is 4. The summed E-state index contributed by atoms with van der Waals surface area (Å²) >= 11 is 0. The Morgan fingerprint density at radius 3 is 2.36 bits per heavy atom. The molecule has 0 amide bonds. The molecule has 5 aromatic rings. The second kappa shape index (κ2) is 9.37. The molecule has 0 radical (unpaired) electrons. The lowest BCUT2D eigenvalue weighted by Crippen LogP contribution is -2.13. The number of nitrogens with one attached hydrogen (secondary N) is 1. The first kappa shape index (κ1) is 20.5. The first-order valence-electron chi connectivity index (χ1n) is 10.9. The van der Waals surface area contributed by atoms with Crippen LogP contribution in [0.25, 0.3) is 10.8 Å². The molecule has 0 bridgehead atoms. The number of aromatic nitrogens is 1. The first-order chi connectivity index (χ1) is 16.3. The number of hydrogen-bond acceptors (Lipinski definition) is 4. The van der Waals surface area contributed by atoms with Gasteiger partial charge in [-0.15, -0.1) is 0 Å². The molecule has 0 aliphatic rings. The van der Waals surface area contributed by atoms with Gasteiger partial charge in [0.25, 0.3) is 0 Å². The van der Waals surface area contributed by atoms with Gasteiger partial charge in [0.05, 0.1) is 23.1 Å². The van der Waals surface area contributed by atoms with E-state index in [-0.39, 0.29) is 11.8 Å².